The van der Waals surface area contributed by atoms with Crippen molar-refractivity contribution in [1.82, 2.24) is 0 Å². The molecule has 1 aromatic heterocycles. The van der Waals surface area contributed by atoms with E-state index in [0.29, 0.717) is 0 Å². The fraction of sp³-hybridized carbons (Fsp3) is 0.0857. The maximum absolute atomic E-state index is 2.36. The molecule has 7 rings (SSSR count). The summed E-state index contributed by atoms with van der Waals surface area (Å²) in [6.45, 7) is 4.71. The predicted octanol–water partition coefficient (Wildman–Crippen LogP) is 10.2. The Morgan fingerprint density at radius 2 is 0.972 bits per heavy atom. The topological polar surface area (TPSA) is 0 Å². The smallest absolute Gasteiger partial charge is 0.0434 e. The molecule has 6 aromatic rings. The van der Waals surface area contributed by atoms with Crippen LogP contribution >= 0.6 is 11.3 Å². The first kappa shape index (κ1) is 21.4. The standard InChI is InChI=1S/C35H26S/c1-35(2)30-21-11-10-19-28(30)32-29(20-12-22-31(32)35)34-27-18-9-8-17-26(27)33(36-34)25-16-7-6-15-24(25)23-13-4-3-5-14-23/h3-22H,1-2H3. The highest BCUT2D eigenvalue weighted by molar-refractivity contribution is 7.21. The molecule has 1 heterocycles. The van der Waals surface area contributed by atoms with Gasteiger partial charge >= 0.3 is 0 Å². The summed E-state index contributed by atoms with van der Waals surface area (Å²) < 4.78 is 0. The molecule has 172 valence electrons. The van der Waals surface area contributed by atoms with Crippen LogP contribution in [0.4, 0.5) is 0 Å². The number of hydrogen-bond donors (Lipinski definition) is 0. The third kappa shape index (κ3) is 3.06. The summed E-state index contributed by atoms with van der Waals surface area (Å²) in [5.41, 5.74) is 10.8. The Kier molecular flexibility index (Phi) is 4.77. The van der Waals surface area contributed by atoms with Gasteiger partial charge in [0, 0.05) is 37.1 Å². The lowest BCUT2D eigenvalue weighted by atomic mass is 9.82. The Morgan fingerprint density at radius 3 is 1.72 bits per heavy atom. The molecule has 1 heteroatoms. The van der Waals surface area contributed by atoms with Crippen LogP contribution in [-0.4, -0.2) is 0 Å². The lowest BCUT2D eigenvalue weighted by molar-refractivity contribution is 0.660. The van der Waals surface area contributed by atoms with Gasteiger partial charge in [0.15, 0.2) is 0 Å². The summed E-state index contributed by atoms with van der Waals surface area (Å²) in [5, 5.41) is 2.65. The highest BCUT2D eigenvalue weighted by atomic mass is 32.1. The van der Waals surface area contributed by atoms with E-state index in [-0.39, 0.29) is 5.41 Å². The van der Waals surface area contributed by atoms with Crippen molar-refractivity contribution in [3.63, 3.8) is 0 Å². The van der Waals surface area contributed by atoms with Gasteiger partial charge in [-0.15, -0.1) is 11.3 Å². The fourth-order valence-electron chi connectivity index (χ4n) is 5.99. The maximum atomic E-state index is 2.36. The number of benzene rings is 5. The van der Waals surface area contributed by atoms with Crippen LogP contribution in [0.25, 0.3) is 53.9 Å². The van der Waals surface area contributed by atoms with Gasteiger partial charge in [-0.25, -0.2) is 0 Å². The molecule has 1 aliphatic rings. The molecule has 0 bridgehead atoms. The lowest BCUT2D eigenvalue weighted by Crippen LogP contribution is -2.14. The first-order valence-electron chi connectivity index (χ1n) is 12.5. The third-order valence-corrected chi connectivity index (χ3v) is 9.02. The van der Waals surface area contributed by atoms with Crippen LogP contribution < -0.4 is 0 Å². The van der Waals surface area contributed by atoms with Crippen LogP contribution in [0.1, 0.15) is 25.0 Å². The van der Waals surface area contributed by atoms with E-state index >= 15 is 0 Å². The van der Waals surface area contributed by atoms with Crippen molar-refractivity contribution in [3.05, 3.63) is 132 Å². The second-order valence-electron chi connectivity index (χ2n) is 10.1. The monoisotopic (exact) mass is 478 g/mol. The summed E-state index contributed by atoms with van der Waals surface area (Å²) in [6.07, 6.45) is 0. The predicted molar refractivity (Wildman–Crippen MR) is 156 cm³/mol. The van der Waals surface area contributed by atoms with Gasteiger partial charge in [-0.2, -0.15) is 0 Å². The summed E-state index contributed by atoms with van der Waals surface area (Å²) in [7, 11) is 0. The van der Waals surface area contributed by atoms with Crippen LogP contribution in [0.5, 0.6) is 0 Å². The van der Waals surface area contributed by atoms with Gasteiger partial charge in [0.25, 0.3) is 0 Å². The zero-order valence-corrected chi connectivity index (χ0v) is 21.3. The molecule has 0 atom stereocenters. The van der Waals surface area contributed by atoms with E-state index in [1.807, 2.05) is 11.3 Å². The van der Waals surface area contributed by atoms with Crippen molar-refractivity contribution in [2.45, 2.75) is 19.3 Å². The largest absolute Gasteiger partial charge is 0.134 e. The maximum Gasteiger partial charge on any atom is 0.0434 e. The lowest BCUT2D eigenvalue weighted by Gasteiger charge is -2.21. The highest BCUT2D eigenvalue weighted by Crippen LogP contribution is 2.55. The van der Waals surface area contributed by atoms with Crippen LogP contribution in [-0.2, 0) is 5.41 Å². The molecule has 0 unspecified atom stereocenters. The van der Waals surface area contributed by atoms with Crippen molar-refractivity contribution < 1.29 is 0 Å². The molecule has 0 saturated heterocycles. The van der Waals surface area contributed by atoms with Gasteiger partial charge in [0.1, 0.15) is 0 Å². The van der Waals surface area contributed by atoms with Gasteiger partial charge in [-0.05, 0) is 33.4 Å². The Balaban J connectivity index is 1.52. The molecule has 0 saturated carbocycles. The highest BCUT2D eigenvalue weighted by Gasteiger charge is 2.37. The average molecular weight is 479 g/mol. The minimum absolute atomic E-state index is 0.00224. The number of thiophene rings is 1. The Labute approximate surface area is 216 Å². The van der Waals surface area contributed by atoms with E-state index in [2.05, 4.69) is 135 Å². The summed E-state index contributed by atoms with van der Waals surface area (Å²) >= 11 is 1.93. The van der Waals surface area contributed by atoms with E-state index in [4.69, 9.17) is 0 Å². The van der Waals surface area contributed by atoms with Crippen molar-refractivity contribution in [3.8, 4) is 43.1 Å². The quantitative estimate of drug-likeness (QED) is 0.237. The van der Waals surface area contributed by atoms with Crippen LogP contribution in [0.3, 0.4) is 0 Å². The van der Waals surface area contributed by atoms with Crippen LogP contribution in [0.15, 0.2) is 121 Å². The zero-order chi connectivity index (χ0) is 24.3. The second-order valence-corrected chi connectivity index (χ2v) is 11.1. The Hall–Kier alpha value is -3.94. The number of rotatable bonds is 3. The molecule has 5 aromatic carbocycles. The summed E-state index contributed by atoms with van der Waals surface area (Å²) in [4.78, 5) is 2.69. The van der Waals surface area contributed by atoms with E-state index in [0.717, 1.165) is 0 Å². The Bertz CT molecular complexity index is 1750. The minimum atomic E-state index is -0.00224. The van der Waals surface area contributed by atoms with Gasteiger partial charge in [0.05, 0.1) is 0 Å². The molecule has 0 spiro atoms. The summed E-state index contributed by atoms with van der Waals surface area (Å²) in [5.74, 6) is 0. The van der Waals surface area contributed by atoms with Crippen molar-refractivity contribution >= 4 is 22.1 Å². The van der Waals surface area contributed by atoms with Crippen molar-refractivity contribution in [2.24, 2.45) is 0 Å². The van der Waals surface area contributed by atoms with Crippen LogP contribution in [0.2, 0.25) is 0 Å². The average Bonchev–Trinajstić information content (AvgIpc) is 3.43. The molecule has 0 aliphatic heterocycles. The van der Waals surface area contributed by atoms with Crippen molar-refractivity contribution in [2.75, 3.05) is 0 Å². The van der Waals surface area contributed by atoms with E-state index < -0.39 is 0 Å². The zero-order valence-electron chi connectivity index (χ0n) is 20.5. The normalized spacial score (nSPS) is 13.5. The Morgan fingerprint density at radius 1 is 0.444 bits per heavy atom. The molecule has 0 nitrogen and oxygen atoms in total. The third-order valence-electron chi connectivity index (χ3n) is 7.73. The second kappa shape index (κ2) is 8.05. The van der Waals surface area contributed by atoms with E-state index in [9.17, 15) is 0 Å². The van der Waals surface area contributed by atoms with Gasteiger partial charge in [-0.3, -0.25) is 0 Å². The fourth-order valence-corrected chi connectivity index (χ4v) is 7.33. The first-order valence-corrected chi connectivity index (χ1v) is 13.4. The molecule has 0 fully saturated rings. The molecule has 36 heavy (non-hydrogen) atoms. The number of fused-ring (bicyclic) bond motifs is 4. The van der Waals surface area contributed by atoms with E-state index in [1.165, 1.54) is 65.0 Å². The van der Waals surface area contributed by atoms with Gasteiger partial charge in [-0.1, -0.05) is 135 Å². The van der Waals surface area contributed by atoms with Gasteiger partial charge in [0.2, 0.25) is 0 Å². The summed E-state index contributed by atoms with van der Waals surface area (Å²) in [6, 6.07) is 44.3. The molecule has 0 amide bonds. The number of hydrogen-bond acceptors (Lipinski definition) is 1. The molecular formula is C35H26S. The van der Waals surface area contributed by atoms with Crippen molar-refractivity contribution in [1.29, 1.82) is 0 Å². The van der Waals surface area contributed by atoms with Gasteiger partial charge < -0.3 is 0 Å². The molecule has 0 radical (unpaired) electrons. The molecule has 0 N–H and O–H groups in total. The minimum Gasteiger partial charge on any atom is -0.134 e. The molecule has 1 aliphatic carbocycles. The molecular weight excluding hydrogens is 452 g/mol. The van der Waals surface area contributed by atoms with E-state index in [1.54, 1.807) is 0 Å². The van der Waals surface area contributed by atoms with Crippen LogP contribution in [0, 0.1) is 0 Å². The SMILES string of the molecule is CC1(C)c2ccccc2-c2c(-c3sc(-c4ccccc4-c4ccccc4)c4ccccc34)cccc21. The first-order chi connectivity index (χ1) is 17.6.